The zero-order chi connectivity index (χ0) is 31.2. The van der Waals surface area contributed by atoms with Gasteiger partial charge in [-0.3, -0.25) is 24.0 Å². The van der Waals surface area contributed by atoms with E-state index in [1.807, 2.05) is 18.2 Å². The van der Waals surface area contributed by atoms with Crippen LogP contribution >= 0.6 is 11.8 Å². The lowest BCUT2D eigenvalue weighted by molar-refractivity contribution is 0.1000. The van der Waals surface area contributed by atoms with E-state index in [2.05, 4.69) is 31.7 Å². The molecule has 4 aromatic rings. The number of benzene rings is 2. The normalized spacial score (nSPS) is 16.4. The van der Waals surface area contributed by atoms with Crippen molar-refractivity contribution in [3.8, 4) is 23.3 Å². The topological polar surface area (TPSA) is 122 Å². The number of rotatable bonds is 8. The van der Waals surface area contributed by atoms with Crippen LogP contribution in [0.1, 0.15) is 37.1 Å². The zero-order valence-corrected chi connectivity index (χ0v) is 25.5. The van der Waals surface area contributed by atoms with Gasteiger partial charge in [0.1, 0.15) is 22.8 Å². The Labute approximate surface area is 263 Å². The molecule has 0 spiro atoms. The van der Waals surface area contributed by atoms with E-state index in [0.29, 0.717) is 52.9 Å². The molecule has 0 saturated carbocycles. The monoisotopic (exact) mass is 631 g/mol. The maximum absolute atomic E-state index is 14.9. The molecule has 0 amide bonds. The minimum absolute atomic E-state index is 0.0476. The predicted molar refractivity (Wildman–Crippen MR) is 172 cm³/mol. The Morgan fingerprint density at radius 1 is 1.04 bits per heavy atom. The summed E-state index contributed by atoms with van der Waals surface area (Å²) in [6.07, 6.45) is 5.24. The Kier molecular flexibility index (Phi) is 9.78. The van der Waals surface area contributed by atoms with Crippen molar-refractivity contribution in [1.29, 1.82) is 0 Å². The van der Waals surface area contributed by atoms with E-state index in [0.717, 1.165) is 57.6 Å². The second-order valence-corrected chi connectivity index (χ2v) is 12.6. The lowest BCUT2D eigenvalue weighted by Crippen LogP contribution is -2.35. The van der Waals surface area contributed by atoms with Gasteiger partial charge in [-0.05, 0) is 62.9 Å². The first kappa shape index (κ1) is 30.8. The van der Waals surface area contributed by atoms with Crippen LogP contribution in [0.25, 0.3) is 16.6 Å². The molecule has 2 aliphatic heterocycles. The summed E-state index contributed by atoms with van der Waals surface area (Å²) in [4.78, 5) is 47.9. The Morgan fingerprint density at radius 2 is 1.87 bits per heavy atom. The molecule has 45 heavy (non-hydrogen) atoms. The third kappa shape index (κ3) is 7.92. The van der Waals surface area contributed by atoms with Crippen molar-refractivity contribution >= 4 is 22.7 Å². The van der Waals surface area contributed by atoms with Crippen LogP contribution in [-0.2, 0) is 10.5 Å². The van der Waals surface area contributed by atoms with Gasteiger partial charge in [0.15, 0.2) is 0 Å². The molecule has 2 aromatic heterocycles. The number of hydrogen-bond donors (Lipinski definition) is 2. The van der Waals surface area contributed by atoms with Crippen molar-refractivity contribution in [2.45, 2.75) is 36.7 Å². The largest absolute Gasteiger partial charge is 0.493 e. The summed E-state index contributed by atoms with van der Waals surface area (Å²) in [5.41, 5.74) is 0.299. The van der Waals surface area contributed by atoms with Gasteiger partial charge in [0.2, 0.25) is 0 Å². The first-order valence-electron chi connectivity index (χ1n) is 15.1. The Hall–Kier alpha value is -4.18. The molecule has 2 aromatic carbocycles. The van der Waals surface area contributed by atoms with Crippen LogP contribution in [0.2, 0.25) is 0 Å². The average molecular weight is 632 g/mol. The third-order valence-corrected chi connectivity index (χ3v) is 9.47. The fourth-order valence-corrected chi connectivity index (χ4v) is 6.63. The van der Waals surface area contributed by atoms with E-state index >= 15 is 0 Å². The van der Waals surface area contributed by atoms with Crippen molar-refractivity contribution in [3.05, 3.63) is 97.1 Å². The van der Waals surface area contributed by atoms with Crippen molar-refractivity contribution in [1.82, 2.24) is 24.4 Å². The molecule has 10 nitrogen and oxygen atoms in total. The van der Waals surface area contributed by atoms with Gasteiger partial charge in [0, 0.05) is 48.4 Å². The number of nitrogens with one attached hydrogen (secondary N) is 2. The highest BCUT2D eigenvalue weighted by Gasteiger charge is 2.20. The summed E-state index contributed by atoms with van der Waals surface area (Å²) in [6.45, 7) is 4.30. The molecule has 12 heteroatoms. The number of H-pyrrole nitrogens is 2. The van der Waals surface area contributed by atoms with Gasteiger partial charge in [-0.2, -0.15) is 11.8 Å². The number of aromatic nitrogens is 4. The summed E-state index contributed by atoms with van der Waals surface area (Å²) in [5.74, 6) is 7.54. The predicted octanol–water partition coefficient (Wildman–Crippen LogP) is 3.46. The summed E-state index contributed by atoms with van der Waals surface area (Å²) in [6, 6.07) is 11.5. The Morgan fingerprint density at radius 3 is 2.67 bits per heavy atom. The van der Waals surface area contributed by atoms with Crippen LogP contribution < -0.4 is 21.5 Å². The van der Waals surface area contributed by atoms with Crippen molar-refractivity contribution < 1.29 is 13.9 Å². The number of piperidine rings is 1. The quantitative estimate of drug-likeness (QED) is 0.284. The molecule has 0 radical (unpaired) electrons. The lowest BCUT2D eigenvalue weighted by Gasteiger charge is -2.30. The maximum atomic E-state index is 14.9. The molecule has 2 aliphatic rings. The number of thioether (sulfide) groups is 1. The molecule has 0 aliphatic carbocycles. The fraction of sp³-hybridized carbons (Fsp3) is 0.394. The number of halogens is 1. The van der Waals surface area contributed by atoms with Gasteiger partial charge in [-0.15, -0.1) is 0 Å². The van der Waals surface area contributed by atoms with E-state index in [9.17, 15) is 18.8 Å². The van der Waals surface area contributed by atoms with Crippen molar-refractivity contribution in [2.75, 3.05) is 39.5 Å². The van der Waals surface area contributed by atoms with Crippen molar-refractivity contribution in [3.63, 3.8) is 0 Å². The van der Waals surface area contributed by atoms with E-state index in [1.165, 1.54) is 22.9 Å². The highest BCUT2D eigenvalue weighted by molar-refractivity contribution is 7.99. The molecule has 0 atom stereocenters. The minimum atomic E-state index is -0.635. The SMILES string of the molecule is O=c1ccn(-c2cccc(C#CCN3CCC(COc4cc(F)c5c(=O)[nH]c(CSC6CCOCC6)nc5c4)CC3)c2)c(=O)[nH]1. The smallest absolute Gasteiger partial charge is 0.332 e. The van der Waals surface area contributed by atoms with Crippen LogP contribution in [0, 0.1) is 23.6 Å². The highest BCUT2D eigenvalue weighted by Crippen LogP contribution is 2.27. The second-order valence-electron chi connectivity index (χ2n) is 11.3. The van der Waals surface area contributed by atoms with Gasteiger partial charge in [-0.1, -0.05) is 17.9 Å². The number of fused-ring (bicyclic) bond motifs is 1. The molecule has 0 unspecified atom stereocenters. The van der Waals surface area contributed by atoms with Crippen molar-refractivity contribution in [2.24, 2.45) is 5.92 Å². The average Bonchev–Trinajstić information content (AvgIpc) is 3.04. The molecule has 2 saturated heterocycles. The van der Waals surface area contributed by atoms with Crippen LogP contribution in [0.4, 0.5) is 4.39 Å². The van der Waals surface area contributed by atoms with Gasteiger partial charge in [-0.25, -0.2) is 14.2 Å². The highest BCUT2D eigenvalue weighted by atomic mass is 32.2. The lowest BCUT2D eigenvalue weighted by atomic mass is 9.98. The molecule has 234 valence electrons. The van der Waals surface area contributed by atoms with Crippen LogP contribution in [-0.4, -0.2) is 69.1 Å². The summed E-state index contributed by atoms with van der Waals surface area (Å²) < 4.78 is 27.7. The number of likely N-dealkylation sites (tertiary alicyclic amines) is 1. The minimum Gasteiger partial charge on any atom is -0.493 e. The summed E-state index contributed by atoms with van der Waals surface area (Å²) in [7, 11) is 0. The standard InChI is InChI=1S/C33H34FN5O5S/c34-27-18-25(19-28-31(27)32(41)36-29(35-28)21-45-26-9-15-43-16-10-26)44-20-23-6-12-38(13-7-23)11-2-4-22-3-1-5-24(17-22)39-14-8-30(40)37-33(39)42/h1,3,5,8,14,17-19,23,26H,6-7,9-13,15-16,20-21H2,(H,35,36,41)(H,37,40,42). The van der Waals surface area contributed by atoms with Gasteiger partial charge in [0.05, 0.1) is 30.1 Å². The van der Waals surface area contributed by atoms with Crippen LogP contribution in [0.15, 0.2) is 63.0 Å². The van der Waals surface area contributed by atoms with E-state index in [1.54, 1.807) is 23.9 Å². The molecule has 4 heterocycles. The molecule has 6 rings (SSSR count). The van der Waals surface area contributed by atoms with Gasteiger partial charge >= 0.3 is 5.69 Å². The molecule has 2 N–H and O–H groups in total. The summed E-state index contributed by atoms with van der Waals surface area (Å²) in [5, 5.41) is 0.415. The first-order chi connectivity index (χ1) is 21.9. The second kappa shape index (κ2) is 14.3. The third-order valence-electron chi connectivity index (χ3n) is 8.08. The Bertz CT molecular complexity index is 1900. The van der Waals surface area contributed by atoms with E-state index in [4.69, 9.17) is 9.47 Å². The van der Waals surface area contributed by atoms with Crippen LogP contribution in [0.3, 0.4) is 0 Å². The molecular formula is C33H34FN5O5S. The number of hydrogen-bond acceptors (Lipinski definition) is 8. The van der Waals surface area contributed by atoms with E-state index in [-0.39, 0.29) is 5.39 Å². The van der Waals surface area contributed by atoms with Gasteiger partial charge in [0.25, 0.3) is 11.1 Å². The van der Waals surface area contributed by atoms with Crippen LogP contribution in [0.5, 0.6) is 5.75 Å². The molecule has 2 fully saturated rings. The van der Waals surface area contributed by atoms with Gasteiger partial charge < -0.3 is 14.5 Å². The zero-order valence-electron chi connectivity index (χ0n) is 24.7. The number of aromatic amines is 2. The maximum Gasteiger partial charge on any atom is 0.332 e. The Balaban J connectivity index is 1.01. The summed E-state index contributed by atoms with van der Waals surface area (Å²) >= 11 is 1.74. The van der Waals surface area contributed by atoms with E-state index < -0.39 is 22.6 Å². The molecule has 0 bridgehead atoms. The fourth-order valence-electron chi connectivity index (χ4n) is 5.57. The molecular weight excluding hydrogens is 597 g/mol. The number of nitrogens with zero attached hydrogens (tertiary/aromatic N) is 3. The first-order valence-corrected chi connectivity index (χ1v) is 16.1. The number of ether oxygens (including phenoxy) is 2.